The number of carboxylic acid groups (broad SMARTS) is 1. The minimum Gasteiger partial charge on any atom is -0.481 e. The second kappa shape index (κ2) is 5.53. The van der Waals surface area contributed by atoms with E-state index in [2.05, 4.69) is 5.32 Å². The van der Waals surface area contributed by atoms with Gasteiger partial charge in [-0.05, 0) is 44.4 Å². The molecule has 0 bridgehead atoms. The quantitative estimate of drug-likeness (QED) is 0.872. The smallest absolute Gasteiger partial charge is 0.322 e. The molecule has 2 unspecified atom stereocenters. The van der Waals surface area contributed by atoms with Gasteiger partial charge in [-0.1, -0.05) is 12.1 Å². The summed E-state index contributed by atoms with van der Waals surface area (Å²) in [6, 6.07) is 5.23. The molecule has 1 aliphatic rings. The summed E-state index contributed by atoms with van der Waals surface area (Å²) in [6.45, 7) is 6.21. The molecule has 1 aromatic carbocycles. The lowest BCUT2D eigenvalue weighted by Gasteiger charge is -2.24. The van der Waals surface area contributed by atoms with Crippen molar-refractivity contribution in [3.63, 3.8) is 0 Å². The molecule has 20 heavy (non-hydrogen) atoms. The summed E-state index contributed by atoms with van der Waals surface area (Å²) in [5.41, 5.74) is 2.92. The molecule has 1 aliphatic heterocycles. The lowest BCUT2D eigenvalue weighted by atomic mass is 10.0. The zero-order chi connectivity index (χ0) is 14.9. The Morgan fingerprint density at radius 3 is 2.65 bits per heavy atom. The van der Waals surface area contributed by atoms with Crippen LogP contribution in [0.1, 0.15) is 24.5 Å². The average molecular weight is 276 g/mol. The fraction of sp³-hybridized carbons (Fsp3) is 0.467. The van der Waals surface area contributed by atoms with E-state index in [-0.39, 0.29) is 12.1 Å². The maximum Gasteiger partial charge on any atom is 0.322 e. The van der Waals surface area contributed by atoms with Crippen LogP contribution in [0.4, 0.5) is 10.5 Å². The molecule has 0 aliphatic carbocycles. The number of carbonyl (C=O) groups is 2. The summed E-state index contributed by atoms with van der Waals surface area (Å²) in [5.74, 6) is -1.31. The Kier molecular flexibility index (Phi) is 3.97. The van der Waals surface area contributed by atoms with Crippen molar-refractivity contribution >= 4 is 17.7 Å². The molecule has 1 saturated heterocycles. The van der Waals surface area contributed by atoms with E-state index in [9.17, 15) is 9.59 Å². The maximum atomic E-state index is 12.3. The number of amides is 2. The monoisotopic (exact) mass is 276 g/mol. The number of aryl methyl sites for hydroxylation is 1. The maximum absolute atomic E-state index is 12.3. The molecule has 1 heterocycles. The van der Waals surface area contributed by atoms with Crippen LogP contribution in [0, 0.1) is 19.8 Å². The van der Waals surface area contributed by atoms with Crippen LogP contribution in [-0.2, 0) is 4.79 Å². The number of hydrogen-bond acceptors (Lipinski definition) is 2. The van der Waals surface area contributed by atoms with Gasteiger partial charge in [-0.25, -0.2) is 4.79 Å². The molecule has 2 amide bonds. The van der Waals surface area contributed by atoms with Gasteiger partial charge in [0.05, 0.1) is 5.92 Å². The fourth-order valence-corrected chi connectivity index (χ4v) is 2.63. The summed E-state index contributed by atoms with van der Waals surface area (Å²) in [7, 11) is 0. The minimum atomic E-state index is -0.834. The number of benzene rings is 1. The number of carboxylic acids is 1. The van der Waals surface area contributed by atoms with Crippen LogP contribution < -0.4 is 5.32 Å². The molecule has 5 nitrogen and oxygen atoms in total. The first-order valence-corrected chi connectivity index (χ1v) is 6.78. The number of nitrogens with zero attached hydrogens (tertiary/aromatic N) is 1. The third-order valence-corrected chi connectivity index (χ3v) is 4.18. The van der Waals surface area contributed by atoms with E-state index in [0.717, 1.165) is 16.8 Å². The molecule has 108 valence electrons. The van der Waals surface area contributed by atoms with Gasteiger partial charge in [0.2, 0.25) is 0 Å². The van der Waals surface area contributed by atoms with Crippen LogP contribution >= 0.6 is 0 Å². The number of anilines is 1. The summed E-state index contributed by atoms with van der Waals surface area (Å²) < 4.78 is 0. The first kappa shape index (κ1) is 14.4. The molecule has 2 N–H and O–H groups in total. The van der Waals surface area contributed by atoms with Crippen LogP contribution in [0.3, 0.4) is 0 Å². The standard InChI is InChI=1S/C15H20N2O3/c1-9-5-4-6-13(10(9)2)16-15(20)17-8-7-12(11(17)3)14(18)19/h4-6,11-12H,7-8H2,1-3H3,(H,16,20)(H,18,19). The van der Waals surface area contributed by atoms with Gasteiger partial charge in [0.25, 0.3) is 0 Å². The van der Waals surface area contributed by atoms with E-state index >= 15 is 0 Å². The molecule has 2 rings (SSSR count). The molecule has 1 fully saturated rings. The molecule has 0 saturated carbocycles. The van der Waals surface area contributed by atoms with Gasteiger partial charge in [-0.15, -0.1) is 0 Å². The SMILES string of the molecule is Cc1cccc(NC(=O)N2CCC(C(=O)O)C2C)c1C. The van der Waals surface area contributed by atoms with E-state index in [0.29, 0.717) is 13.0 Å². The number of rotatable bonds is 2. The third kappa shape index (κ3) is 2.61. The lowest BCUT2D eigenvalue weighted by Crippen LogP contribution is -2.40. The number of likely N-dealkylation sites (tertiary alicyclic amines) is 1. The van der Waals surface area contributed by atoms with Gasteiger partial charge >= 0.3 is 12.0 Å². The van der Waals surface area contributed by atoms with Crippen LogP contribution in [0.5, 0.6) is 0 Å². The van der Waals surface area contributed by atoms with E-state index in [1.807, 2.05) is 32.0 Å². The zero-order valence-corrected chi connectivity index (χ0v) is 12.0. The molecule has 5 heteroatoms. The second-order valence-corrected chi connectivity index (χ2v) is 5.35. The van der Waals surface area contributed by atoms with Crippen molar-refractivity contribution in [1.29, 1.82) is 0 Å². The number of nitrogens with one attached hydrogen (secondary N) is 1. The van der Waals surface area contributed by atoms with Crippen molar-refractivity contribution in [3.05, 3.63) is 29.3 Å². The average Bonchev–Trinajstić information content (AvgIpc) is 2.77. The Labute approximate surface area is 118 Å². The van der Waals surface area contributed by atoms with Gasteiger partial charge in [0, 0.05) is 18.3 Å². The first-order valence-electron chi connectivity index (χ1n) is 6.78. The zero-order valence-electron chi connectivity index (χ0n) is 12.0. The Hall–Kier alpha value is -2.04. The highest BCUT2D eigenvalue weighted by Crippen LogP contribution is 2.26. The highest BCUT2D eigenvalue weighted by atomic mass is 16.4. The summed E-state index contributed by atoms with van der Waals surface area (Å²) in [4.78, 5) is 25.0. The number of aliphatic carboxylic acids is 1. The Morgan fingerprint density at radius 1 is 1.35 bits per heavy atom. The molecule has 0 spiro atoms. The molecular formula is C15H20N2O3. The van der Waals surface area contributed by atoms with Gasteiger partial charge in [-0.3, -0.25) is 4.79 Å². The van der Waals surface area contributed by atoms with Crippen LogP contribution in [0.15, 0.2) is 18.2 Å². The van der Waals surface area contributed by atoms with Crippen molar-refractivity contribution in [1.82, 2.24) is 4.90 Å². The Balaban J connectivity index is 2.10. The lowest BCUT2D eigenvalue weighted by molar-refractivity contribution is -0.142. The molecule has 2 atom stereocenters. The summed E-state index contributed by atoms with van der Waals surface area (Å²) in [5, 5.41) is 12.0. The Bertz CT molecular complexity index is 542. The highest BCUT2D eigenvalue weighted by Gasteiger charge is 2.38. The van der Waals surface area contributed by atoms with E-state index in [4.69, 9.17) is 5.11 Å². The van der Waals surface area contributed by atoms with Crippen LogP contribution in [-0.4, -0.2) is 34.6 Å². The van der Waals surface area contributed by atoms with E-state index in [1.165, 1.54) is 0 Å². The van der Waals surface area contributed by atoms with Crippen molar-refractivity contribution in [3.8, 4) is 0 Å². The highest BCUT2D eigenvalue weighted by molar-refractivity contribution is 5.91. The fourth-order valence-electron chi connectivity index (χ4n) is 2.63. The normalized spacial score (nSPS) is 21.9. The van der Waals surface area contributed by atoms with E-state index < -0.39 is 11.9 Å². The van der Waals surface area contributed by atoms with Gasteiger partial charge in [0.15, 0.2) is 0 Å². The summed E-state index contributed by atoms with van der Waals surface area (Å²) >= 11 is 0. The van der Waals surface area contributed by atoms with Crippen molar-refractivity contribution < 1.29 is 14.7 Å². The minimum absolute atomic E-state index is 0.227. The predicted octanol–water partition coefficient (Wildman–Crippen LogP) is 2.63. The molecule has 1 aromatic rings. The van der Waals surface area contributed by atoms with Crippen LogP contribution in [0.2, 0.25) is 0 Å². The van der Waals surface area contributed by atoms with Crippen molar-refractivity contribution in [2.45, 2.75) is 33.2 Å². The molecule has 0 aromatic heterocycles. The first-order chi connectivity index (χ1) is 9.41. The number of hydrogen-bond donors (Lipinski definition) is 2. The van der Waals surface area contributed by atoms with Gasteiger partial charge in [-0.2, -0.15) is 0 Å². The number of urea groups is 1. The van der Waals surface area contributed by atoms with Crippen molar-refractivity contribution in [2.24, 2.45) is 5.92 Å². The van der Waals surface area contributed by atoms with E-state index in [1.54, 1.807) is 11.8 Å². The number of carbonyl (C=O) groups excluding carboxylic acids is 1. The predicted molar refractivity (Wildman–Crippen MR) is 76.8 cm³/mol. The second-order valence-electron chi connectivity index (χ2n) is 5.35. The third-order valence-electron chi connectivity index (χ3n) is 4.18. The van der Waals surface area contributed by atoms with Crippen molar-refractivity contribution in [2.75, 3.05) is 11.9 Å². The van der Waals surface area contributed by atoms with Crippen LogP contribution in [0.25, 0.3) is 0 Å². The largest absolute Gasteiger partial charge is 0.481 e. The Morgan fingerprint density at radius 2 is 2.05 bits per heavy atom. The van der Waals surface area contributed by atoms with Gasteiger partial charge in [0.1, 0.15) is 0 Å². The van der Waals surface area contributed by atoms with Gasteiger partial charge < -0.3 is 15.3 Å². The summed E-state index contributed by atoms with van der Waals surface area (Å²) in [6.07, 6.45) is 0.511. The molecular weight excluding hydrogens is 256 g/mol. The topological polar surface area (TPSA) is 69.6 Å². The molecule has 0 radical (unpaired) electrons.